The van der Waals surface area contributed by atoms with Crippen molar-refractivity contribution in [3.63, 3.8) is 0 Å². The van der Waals surface area contributed by atoms with E-state index in [9.17, 15) is 13.2 Å². The third-order valence-corrected chi connectivity index (χ3v) is 3.89. The molecule has 1 amide bonds. The third kappa shape index (κ3) is 3.14. The topological polar surface area (TPSA) is 54.5 Å². The lowest BCUT2D eigenvalue weighted by molar-refractivity contribution is -0.125. The Morgan fingerprint density at radius 3 is 2.64 bits per heavy atom. The van der Waals surface area contributed by atoms with Gasteiger partial charge >= 0.3 is 0 Å². The smallest absolute Gasteiger partial charge is 0.246 e. The number of carbonyl (C=O) groups excluding carboxylic acids is 1. The Labute approximate surface area is 84.5 Å². The van der Waals surface area contributed by atoms with Gasteiger partial charge in [-0.25, -0.2) is 8.42 Å². The molecule has 1 rings (SSSR count). The zero-order valence-corrected chi connectivity index (χ0v) is 9.09. The Morgan fingerprint density at radius 1 is 1.29 bits per heavy atom. The van der Waals surface area contributed by atoms with E-state index in [0.717, 1.165) is 0 Å². The SMILES string of the molecule is C/C=C/C(=O)N1CCCS(=O)(=O)CC1. The molecule has 1 aliphatic heterocycles. The summed E-state index contributed by atoms with van der Waals surface area (Å²) in [7, 11) is -2.92. The lowest BCUT2D eigenvalue weighted by atomic mass is 10.3. The molecule has 0 atom stereocenters. The van der Waals surface area contributed by atoms with E-state index in [1.165, 1.54) is 6.08 Å². The first-order chi connectivity index (χ1) is 6.55. The standard InChI is InChI=1S/C9H15NO3S/c1-2-4-9(11)10-5-3-7-14(12,13)8-6-10/h2,4H,3,5-8H2,1H3/b4-2+. The Balaban J connectivity index is 2.63. The normalized spacial score (nSPS) is 22.2. The second kappa shape index (κ2) is 4.59. The van der Waals surface area contributed by atoms with Crippen LogP contribution in [0.3, 0.4) is 0 Å². The number of hydrogen-bond acceptors (Lipinski definition) is 3. The van der Waals surface area contributed by atoms with E-state index in [0.29, 0.717) is 19.5 Å². The highest BCUT2D eigenvalue weighted by molar-refractivity contribution is 7.91. The van der Waals surface area contributed by atoms with Gasteiger partial charge in [0, 0.05) is 13.1 Å². The molecule has 0 aromatic rings. The summed E-state index contributed by atoms with van der Waals surface area (Å²) in [5, 5.41) is 0. The molecule has 0 unspecified atom stereocenters. The summed E-state index contributed by atoms with van der Waals surface area (Å²) in [4.78, 5) is 13.0. The molecule has 0 aliphatic carbocycles. The molecule has 0 radical (unpaired) electrons. The quantitative estimate of drug-likeness (QED) is 0.590. The van der Waals surface area contributed by atoms with Crippen LogP contribution in [0.25, 0.3) is 0 Å². The highest BCUT2D eigenvalue weighted by Gasteiger charge is 2.20. The second-order valence-corrected chi connectivity index (χ2v) is 5.63. The fourth-order valence-electron chi connectivity index (χ4n) is 1.41. The number of amides is 1. The van der Waals surface area contributed by atoms with Crippen molar-refractivity contribution < 1.29 is 13.2 Å². The highest BCUT2D eigenvalue weighted by atomic mass is 32.2. The van der Waals surface area contributed by atoms with Gasteiger partial charge in [-0.05, 0) is 19.4 Å². The van der Waals surface area contributed by atoms with Crippen LogP contribution in [0.1, 0.15) is 13.3 Å². The maximum atomic E-state index is 11.4. The molecule has 80 valence electrons. The van der Waals surface area contributed by atoms with E-state index < -0.39 is 9.84 Å². The summed E-state index contributed by atoms with van der Waals surface area (Å²) in [5.41, 5.74) is 0. The first kappa shape index (κ1) is 11.2. The van der Waals surface area contributed by atoms with Crippen molar-refractivity contribution in [2.45, 2.75) is 13.3 Å². The molecule has 0 aromatic carbocycles. The largest absolute Gasteiger partial charge is 0.338 e. The van der Waals surface area contributed by atoms with Gasteiger partial charge in [0.05, 0.1) is 11.5 Å². The second-order valence-electron chi connectivity index (χ2n) is 3.33. The highest BCUT2D eigenvalue weighted by Crippen LogP contribution is 2.05. The number of allylic oxidation sites excluding steroid dienone is 1. The van der Waals surface area contributed by atoms with Gasteiger partial charge in [0.1, 0.15) is 0 Å². The molecule has 0 bridgehead atoms. The van der Waals surface area contributed by atoms with Crippen LogP contribution in [0.4, 0.5) is 0 Å². The van der Waals surface area contributed by atoms with Crippen LogP contribution in [-0.4, -0.2) is 43.8 Å². The number of hydrogen-bond donors (Lipinski definition) is 0. The van der Waals surface area contributed by atoms with Gasteiger partial charge in [-0.3, -0.25) is 4.79 Å². The molecule has 0 aromatic heterocycles. The zero-order valence-electron chi connectivity index (χ0n) is 8.27. The predicted octanol–water partition coefficient (Wildman–Crippen LogP) is 0.210. The van der Waals surface area contributed by atoms with Crippen LogP contribution in [0, 0.1) is 0 Å². The molecule has 1 saturated heterocycles. The van der Waals surface area contributed by atoms with E-state index in [2.05, 4.69) is 0 Å². The van der Waals surface area contributed by atoms with Gasteiger partial charge in [0.25, 0.3) is 0 Å². The van der Waals surface area contributed by atoms with E-state index >= 15 is 0 Å². The number of carbonyl (C=O) groups is 1. The van der Waals surface area contributed by atoms with Gasteiger partial charge in [-0.15, -0.1) is 0 Å². The summed E-state index contributed by atoms with van der Waals surface area (Å²) in [6.45, 7) is 2.64. The average molecular weight is 217 g/mol. The summed E-state index contributed by atoms with van der Waals surface area (Å²) in [6.07, 6.45) is 3.69. The van der Waals surface area contributed by atoms with Gasteiger partial charge in [-0.2, -0.15) is 0 Å². The van der Waals surface area contributed by atoms with Gasteiger partial charge in [-0.1, -0.05) is 6.08 Å². The molecule has 0 saturated carbocycles. The van der Waals surface area contributed by atoms with Crippen molar-refractivity contribution >= 4 is 15.7 Å². The molecule has 0 spiro atoms. The number of rotatable bonds is 1. The minimum atomic E-state index is -2.92. The lowest BCUT2D eigenvalue weighted by Crippen LogP contribution is -2.32. The van der Waals surface area contributed by atoms with Gasteiger partial charge in [0.2, 0.25) is 5.91 Å². The van der Waals surface area contributed by atoms with Crippen LogP contribution >= 0.6 is 0 Å². The maximum absolute atomic E-state index is 11.4. The minimum absolute atomic E-state index is 0.0930. The van der Waals surface area contributed by atoms with Crippen molar-refractivity contribution in [2.75, 3.05) is 24.6 Å². The maximum Gasteiger partial charge on any atom is 0.246 e. The van der Waals surface area contributed by atoms with Gasteiger partial charge < -0.3 is 4.90 Å². The summed E-state index contributed by atoms with van der Waals surface area (Å²) in [6, 6.07) is 0. The molecular weight excluding hydrogens is 202 g/mol. The molecule has 14 heavy (non-hydrogen) atoms. The third-order valence-electron chi connectivity index (χ3n) is 2.18. The van der Waals surface area contributed by atoms with E-state index in [4.69, 9.17) is 0 Å². The van der Waals surface area contributed by atoms with Crippen molar-refractivity contribution in [1.82, 2.24) is 4.90 Å². The Morgan fingerprint density at radius 2 is 2.00 bits per heavy atom. The lowest BCUT2D eigenvalue weighted by Gasteiger charge is -2.17. The Hall–Kier alpha value is -0.840. The molecule has 1 fully saturated rings. The molecule has 5 heteroatoms. The minimum Gasteiger partial charge on any atom is -0.338 e. The van der Waals surface area contributed by atoms with Crippen LogP contribution < -0.4 is 0 Å². The summed E-state index contributed by atoms with van der Waals surface area (Å²) < 4.78 is 22.5. The molecule has 4 nitrogen and oxygen atoms in total. The predicted molar refractivity (Wildman–Crippen MR) is 54.7 cm³/mol. The molecule has 0 N–H and O–H groups in total. The van der Waals surface area contributed by atoms with Crippen molar-refractivity contribution in [2.24, 2.45) is 0 Å². The van der Waals surface area contributed by atoms with Crippen molar-refractivity contribution in [3.05, 3.63) is 12.2 Å². The summed E-state index contributed by atoms with van der Waals surface area (Å²) in [5.74, 6) is 0.202. The average Bonchev–Trinajstić information content (AvgIpc) is 2.27. The van der Waals surface area contributed by atoms with Crippen LogP contribution in [0.15, 0.2) is 12.2 Å². The number of nitrogens with zero attached hydrogens (tertiary/aromatic N) is 1. The number of sulfone groups is 1. The first-order valence-corrected chi connectivity index (χ1v) is 6.49. The van der Waals surface area contributed by atoms with E-state index in [1.807, 2.05) is 0 Å². The van der Waals surface area contributed by atoms with Crippen LogP contribution in [0.2, 0.25) is 0 Å². The van der Waals surface area contributed by atoms with Crippen LogP contribution in [0.5, 0.6) is 0 Å². The zero-order chi connectivity index (χ0) is 10.6. The van der Waals surface area contributed by atoms with Crippen LogP contribution in [-0.2, 0) is 14.6 Å². The monoisotopic (exact) mass is 217 g/mol. The fourth-order valence-corrected chi connectivity index (χ4v) is 2.68. The first-order valence-electron chi connectivity index (χ1n) is 4.67. The van der Waals surface area contributed by atoms with E-state index in [1.54, 1.807) is 17.9 Å². The molecule has 1 heterocycles. The Kier molecular flexibility index (Phi) is 3.69. The molecule has 1 aliphatic rings. The van der Waals surface area contributed by atoms with Crippen molar-refractivity contribution in [3.8, 4) is 0 Å². The fraction of sp³-hybridized carbons (Fsp3) is 0.667. The Bertz CT molecular complexity index is 332. The summed E-state index contributed by atoms with van der Waals surface area (Å²) >= 11 is 0. The van der Waals surface area contributed by atoms with E-state index in [-0.39, 0.29) is 17.4 Å². The van der Waals surface area contributed by atoms with Gasteiger partial charge in [0.15, 0.2) is 9.84 Å². The molecular formula is C9H15NO3S. The van der Waals surface area contributed by atoms with Crippen molar-refractivity contribution in [1.29, 1.82) is 0 Å².